The summed E-state index contributed by atoms with van der Waals surface area (Å²) >= 11 is 4.25. The fourth-order valence-electron chi connectivity index (χ4n) is 0.537. The number of rotatable bonds is 0. The zero-order valence-electron chi connectivity index (χ0n) is 5.48. The Bertz CT molecular complexity index is 172. The van der Waals surface area contributed by atoms with Crippen molar-refractivity contribution in [3.63, 3.8) is 0 Å². The van der Waals surface area contributed by atoms with Crippen LogP contribution in [0.2, 0.25) is 0 Å². The van der Waals surface area contributed by atoms with Crippen LogP contribution in [0.25, 0.3) is 0 Å². The first-order valence-electron chi connectivity index (χ1n) is 2.63. The molecule has 0 radical (unpaired) electrons. The van der Waals surface area contributed by atoms with E-state index < -0.39 is 0 Å². The van der Waals surface area contributed by atoms with Gasteiger partial charge in [0.2, 0.25) is 0 Å². The Morgan fingerprint density at radius 1 is 1.60 bits per heavy atom. The molecule has 0 saturated carbocycles. The molecular formula is C7H6BrFZn. The van der Waals surface area contributed by atoms with Crippen LogP contribution in [0.3, 0.4) is 0 Å². The summed E-state index contributed by atoms with van der Waals surface area (Å²) in [5.74, 6) is -0.225. The summed E-state index contributed by atoms with van der Waals surface area (Å²) in [6, 6.07) is 0. The van der Waals surface area contributed by atoms with Gasteiger partial charge in [-0.2, -0.15) is 12.2 Å². The first kappa shape index (κ1) is 10.1. The molecule has 0 bridgehead atoms. The molecule has 0 aliphatic heterocycles. The van der Waals surface area contributed by atoms with Crippen molar-refractivity contribution < 1.29 is 20.7 Å². The molecule has 0 spiro atoms. The monoisotopic (exact) mass is 252 g/mol. The van der Waals surface area contributed by atoms with Crippen molar-refractivity contribution in [2.24, 2.45) is 0 Å². The molecule has 3 heteroatoms. The van der Waals surface area contributed by atoms with Crippen LogP contribution in [-0.2, 0) is 16.3 Å². The Hall–Kier alpha value is 0.123. The van der Waals surface area contributed by atoms with Gasteiger partial charge in [0, 0.05) is 5.83 Å². The van der Waals surface area contributed by atoms with E-state index in [1.807, 2.05) is 0 Å². The maximum absolute atomic E-state index is 12.1. The molecule has 0 saturated heterocycles. The summed E-state index contributed by atoms with van der Waals surface area (Å²) in [7, 11) is 0. The maximum atomic E-state index is 12.1. The SMILES string of the molecule is C=C1C=C[CH-]C(F)=C1.[Zn+][Br]. The van der Waals surface area contributed by atoms with Crippen LogP contribution in [0.4, 0.5) is 4.39 Å². The van der Waals surface area contributed by atoms with Crippen molar-refractivity contribution in [3.05, 3.63) is 42.6 Å². The zero-order chi connectivity index (χ0) is 7.98. The van der Waals surface area contributed by atoms with Gasteiger partial charge in [0.05, 0.1) is 0 Å². The quantitative estimate of drug-likeness (QED) is 0.460. The van der Waals surface area contributed by atoms with E-state index in [9.17, 15) is 4.39 Å². The third-order valence-electron chi connectivity index (χ3n) is 0.889. The molecule has 0 amide bonds. The molecular weight excluding hydrogens is 248 g/mol. The van der Waals surface area contributed by atoms with Gasteiger partial charge in [-0.3, -0.25) is 0 Å². The molecule has 0 aromatic rings. The number of hydrogen-bond acceptors (Lipinski definition) is 0. The van der Waals surface area contributed by atoms with Crippen molar-refractivity contribution in [2.75, 3.05) is 0 Å². The second kappa shape index (κ2) is 5.87. The van der Waals surface area contributed by atoms with Gasteiger partial charge in [-0.25, -0.2) is 4.39 Å². The van der Waals surface area contributed by atoms with Gasteiger partial charge < -0.3 is 0 Å². The van der Waals surface area contributed by atoms with Crippen molar-refractivity contribution >= 4 is 13.6 Å². The van der Waals surface area contributed by atoms with E-state index in [1.54, 1.807) is 12.2 Å². The summed E-state index contributed by atoms with van der Waals surface area (Å²) in [6.45, 7) is 3.54. The van der Waals surface area contributed by atoms with E-state index in [1.165, 1.54) is 28.8 Å². The third-order valence-corrected chi connectivity index (χ3v) is 0.889. The average molecular weight is 254 g/mol. The minimum absolute atomic E-state index is 0.225. The Kier molecular flexibility index (Phi) is 5.95. The van der Waals surface area contributed by atoms with Crippen LogP contribution in [0, 0.1) is 6.42 Å². The van der Waals surface area contributed by atoms with E-state index in [0.29, 0.717) is 5.57 Å². The number of hydrogen-bond donors (Lipinski definition) is 0. The van der Waals surface area contributed by atoms with Crippen LogP contribution in [0.15, 0.2) is 36.2 Å². The molecule has 0 aromatic heterocycles. The Morgan fingerprint density at radius 3 is 2.50 bits per heavy atom. The molecule has 1 aliphatic carbocycles. The third kappa shape index (κ3) is 4.02. The summed E-state index contributed by atoms with van der Waals surface area (Å²) in [6.07, 6.45) is 6.18. The number of allylic oxidation sites excluding steroid dienone is 5. The Labute approximate surface area is 76.9 Å². The molecule has 50 valence electrons. The average Bonchev–Trinajstić information content (AvgIpc) is 1.91. The van der Waals surface area contributed by atoms with E-state index >= 15 is 0 Å². The first-order valence-corrected chi connectivity index (χ1v) is 9.58. The van der Waals surface area contributed by atoms with Crippen molar-refractivity contribution in [2.45, 2.75) is 0 Å². The predicted octanol–water partition coefficient (Wildman–Crippen LogP) is 3.01. The van der Waals surface area contributed by atoms with Crippen molar-refractivity contribution in [1.29, 1.82) is 0 Å². The van der Waals surface area contributed by atoms with Gasteiger partial charge in [0.1, 0.15) is 0 Å². The van der Waals surface area contributed by atoms with E-state index in [4.69, 9.17) is 0 Å². The fourth-order valence-corrected chi connectivity index (χ4v) is 0.537. The molecule has 10 heavy (non-hydrogen) atoms. The summed E-state index contributed by atoms with van der Waals surface area (Å²) in [5, 5.41) is 0. The van der Waals surface area contributed by atoms with Gasteiger partial charge >= 0.3 is 30.0 Å². The topological polar surface area (TPSA) is 0 Å². The molecule has 0 aromatic carbocycles. The minimum atomic E-state index is -0.225. The van der Waals surface area contributed by atoms with Crippen molar-refractivity contribution in [3.8, 4) is 0 Å². The molecule has 0 heterocycles. The molecule has 0 fully saturated rings. The summed E-state index contributed by atoms with van der Waals surface area (Å²) in [5.41, 5.74) is 0.713. The standard InChI is InChI=1S/C7H6F.BrH.Zn/c1-6-3-2-4-7(8)5-6;;/h2-5H,1H2;1H;/q-1;;+2/p-1. The van der Waals surface area contributed by atoms with E-state index in [0.717, 1.165) is 0 Å². The molecule has 1 rings (SSSR count). The molecule has 0 unspecified atom stereocenters. The Balaban J connectivity index is 0.000000371. The fraction of sp³-hybridized carbons (Fsp3) is 0. The molecule has 1 aliphatic rings. The van der Waals surface area contributed by atoms with Gasteiger partial charge in [-0.15, -0.1) is 24.6 Å². The van der Waals surface area contributed by atoms with E-state index in [2.05, 4.69) is 20.2 Å². The molecule has 0 atom stereocenters. The van der Waals surface area contributed by atoms with Gasteiger partial charge in [-0.05, 0) is 0 Å². The molecule has 0 nitrogen and oxygen atoms in total. The normalized spacial score (nSPS) is 14.8. The van der Waals surface area contributed by atoms with Crippen LogP contribution < -0.4 is 0 Å². The molecule has 0 N–H and O–H groups in total. The van der Waals surface area contributed by atoms with Crippen LogP contribution in [0.5, 0.6) is 0 Å². The van der Waals surface area contributed by atoms with Crippen molar-refractivity contribution in [1.82, 2.24) is 0 Å². The zero-order valence-corrected chi connectivity index (χ0v) is 10.0. The van der Waals surface area contributed by atoms with Gasteiger partial charge in [0.25, 0.3) is 0 Å². The second-order valence-electron chi connectivity index (χ2n) is 1.63. The Morgan fingerprint density at radius 2 is 2.20 bits per heavy atom. The van der Waals surface area contributed by atoms with E-state index in [-0.39, 0.29) is 5.83 Å². The van der Waals surface area contributed by atoms with Gasteiger partial charge in [-0.1, -0.05) is 0 Å². The van der Waals surface area contributed by atoms with Crippen LogP contribution in [-0.4, -0.2) is 0 Å². The number of halogens is 2. The second-order valence-corrected chi connectivity index (χ2v) is 1.63. The van der Waals surface area contributed by atoms with Crippen LogP contribution >= 0.6 is 13.6 Å². The first-order chi connectivity index (χ1) is 4.79. The predicted molar refractivity (Wildman–Crippen MR) is 40.7 cm³/mol. The summed E-state index contributed by atoms with van der Waals surface area (Å²) in [4.78, 5) is 0. The van der Waals surface area contributed by atoms with Gasteiger partial charge in [0.15, 0.2) is 0 Å². The summed E-state index contributed by atoms with van der Waals surface area (Å²) < 4.78 is 12.1. The van der Waals surface area contributed by atoms with Crippen LogP contribution in [0.1, 0.15) is 0 Å².